The molecular formula is C14H20O6. The minimum atomic E-state index is -1.03. The first-order chi connectivity index (χ1) is 9.44. The lowest BCUT2D eigenvalue weighted by Gasteiger charge is -2.22. The molecule has 2 unspecified atom stereocenters. The topological polar surface area (TPSA) is 74.2 Å². The predicted molar refractivity (Wildman–Crippen MR) is 72.3 cm³/mol. The SMILES string of the molecule is COc1cc(OC)c(C(O)C(C)OC(C)=O)cc1OC. The van der Waals surface area contributed by atoms with Gasteiger partial charge in [0.1, 0.15) is 18.0 Å². The van der Waals surface area contributed by atoms with Gasteiger partial charge in [0.15, 0.2) is 11.5 Å². The second-order valence-corrected chi connectivity index (χ2v) is 4.21. The molecule has 20 heavy (non-hydrogen) atoms. The molecule has 0 heterocycles. The van der Waals surface area contributed by atoms with E-state index in [4.69, 9.17) is 18.9 Å². The third-order valence-electron chi connectivity index (χ3n) is 2.85. The maximum atomic E-state index is 11.0. The highest BCUT2D eigenvalue weighted by Crippen LogP contribution is 2.38. The number of hydrogen-bond donors (Lipinski definition) is 1. The molecule has 1 aromatic rings. The van der Waals surface area contributed by atoms with Crippen LogP contribution in [-0.4, -0.2) is 38.5 Å². The Kier molecular flexibility index (Phi) is 5.64. The molecule has 112 valence electrons. The van der Waals surface area contributed by atoms with Crippen LogP contribution in [-0.2, 0) is 9.53 Å². The highest BCUT2D eigenvalue weighted by Gasteiger charge is 2.24. The Balaban J connectivity index is 3.18. The van der Waals surface area contributed by atoms with Crippen molar-refractivity contribution in [1.82, 2.24) is 0 Å². The van der Waals surface area contributed by atoms with Crippen LogP contribution < -0.4 is 14.2 Å². The lowest BCUT2D eigenvalue weighted by Crippen LogP contribution is -2.21. The molecule has 0 aliphatic rings. The molecule has 0 aliphatic heterocycles. The maximum absolute atomic E-state index is 11.0. The molecule has 0 saturated heterocycles. The van der Waals surface area contributed by atoms with E-state index in [-0.39, 0.29) is 0 Å². The summed E-state index contributed by atoms with van der Waals surface area (Å²) in [6, 6.07) is 3.21. The van der Waals surface area contributed by atoms with E-state index in [1.807, 2.05) is 0 Å². The Bertz CT molecular complexity index is 471. The van der Waals surface area contributed by atoms with Crippen LogP contribution in [0.3, 0.4) is 0 Å². The summed E-state index contributed by atoms with van der Waals surface area (Å²) in [5.41, 5.74) is 0.457. The summed E-state index contributed by atoms with van der Waals surface area (Å²) in [6.07, 6.45) is -1.74. The zero-order valence-corrected chi connectivity index (χ0v) is 12.3. The first-order valence-corrected chi connectivity index (χ1v) is 6.09. The number of methoxy groups -OCH3 is 3. The third-order valence-corrected chi connectivity index (χ3v) is 2.85. The Hall–Kier alpha value is -1.95. The van der Waals surface area contributed by atoms with E-state index in [9.17, 15) is 9.90 Å². The van der Waals surface area contributed by atoms with Crippen molar-refractivity contribution in [2.75, 3.05) is 21.3 Å². The van der Waals surface area contributed by atoms with Crippen molar-refractivity contribution in [2.45, 2.75) is 26.1 Å². The summed E-state index contributed by atoms with van der Waals surface area (Å²) >= 11 is 0. The van der Waals surface area contributed by atoms with Crippen LogP contribution in [0, 0.1) is 0 Å². The number of carbonyl (C=O) groups excluding carboxylic acids is 1. The molecule has 1 aromatic carbocycles. The fraction of sp³-hybridized carbons (Fsp3) is 0.500. The zero-order chi connectivity index (χ0) is 15.3. The molecule has 0 amide bonds. The predicted octanol–water partition coefficient (Wildman–Crippen LogP) is 1.70. The van der Waals surface area contributed by atoms with Gasteiger partial charge in [-0.05, 0) is 13.0 Å². The van der Waals surface area contributed by atoms with Crippen molar-refractivity contribution in [1.29, 1.82) is 0 Å². The fourth-order valence-corrected chi connectivity index (χ4v) is 1.86. The van der Waals surface area contributed by atoms with Crippen molar-refractivity contribution in [2.24, 2.45) is 0 Å². The smallest absolute Gasteiger partial charge is 0.302 e. The minimum Gasteiger partial charge on any atom is -0.496 e. The molecule has 6 heteroatoms. The molecule has 0 aromatic heterocycles. The minimum absolute atomic E-state index is 0.425. The van der Waals surface area contributed by atoms with Gasteiger partial charge in [0.05, 0.1) is 21.3 Å². The number of rotatable bonds is 6. The lowest BCUT2D eigenvalue weighted by molar-refractivity contribution is -0.151. The van der Waals surface area contributed by atoms with Crippen LogP contribution in [0.1, 0.15) is 25.5 Å². The molecule has 1 N–H and O–H groups in total. The lowest BCUT2D eigenvalue weighted by atomic mass is 10.0. The van der Waals surface area contributed by atoms with Gasteiger partial charge in [0, 0.05) is 18.6 Å². The number of ether oxygens (including phenoxy) is 4. The molecule has 0 saturated carbocycles. The number of benzene rings is 1. The second-order valence-electron chi connectivity index (χ2n) is 4.21. The average Bonchev–Trinajstić information content (AvgIpc) is 2.44. The van der Waals surface area contributed by atoms with Gasteiger partial charge in [0.2, 0.25) is 0 Å². The molecule has 0 aliphatic carbocycles. The molecule has 0 spiro atoms. The standard InChI is InChI=1S/C14H20O6/c1-8(20-9(2)15)14(16)10-6-12(18-4)13(19-5)7-11(10)17-3/h6-8,14,16H,1-5H3. The van der Waals surface area contributed by atoms with Crippen LogP contribution in [0.2, 0.25) is 0 Å². The first kappa shape index (κ1) is 16.1. The van der Waals surface area contributed by atoms with E-state index >= 15 is 0 Å². The molecule has 2 atom stereocenters. The molecule has 6 nitrogen and oxygen atoms in total. The molecule has 1 rings (SSSR count). The van der Waals surface area contributed by atoms with Gasteiger partial charge >= 0.3 is 5.97 Å². The van der Waals surface area contributed by atoms with Gasteiger partial charge in [-0.25, -0.2) is 0 Å². The van der Waals surface area contributed by atoms with Crippen LogP contribution in [0.5, 0.6) is 17.2 Å². The van der Waals surface area contributed by atoms with E-state index < -0.39 is 18.2 Å². The van der Waals surface area contributed by atoms with Crippen LogP contribution in [0.15, 0.2) is 12.1 Å². The quantitative estimate of drug-likeness (QED) is 0.801. The summed E-state index contributed by atoms with van der Waals surface area (Å²) in [7, 11) is 4.48. The Morgan fingerprint density at radius 2 is 1.55 bits per heavy atom. The number of aliphatic hydroxyl groups excluding tert-OH is 1. The van der Waals surface area contributed by atoms with Gasteiger partial charge in [0.25, 0.3) is 0 Å². The first-order valence-electron chi connectivity index (χ1n) is 6.09. The van der Waals surface area contributed by atoms with Crippen LogP contribution >= 0.6 is 0 Å². The maximum Gasteiger partial charge on any atom is 0.302 e. The van der Waals surface area contributed by atoms with Crippen LogP contribution in [0.4, 0.5) is 0 Å². The van der Waals surface area contributed by atoms with Gasteiger partial charge in [-0.1, -0.05) is 0 Å². The van der Waals surface area contributed by atoms with Crippen molar-refractivity contribution in [3.63, 3.8) is 0 Å². The van der Waals surface area contributed by atoms with Gasteiger partial charge in [-0.3, -0.25) is 4.79 Å². The number of esters is 1. The summed E-state index contributed by atoms with van der Waals surface area (Å²) in [5.74, 6) is 0.906. The monoisotopic (exact) mass is 284 g/mol. The Morgan fingerprint density at radius 3 is 2.00 bits per heavy atom. The van der Waals surface area contributed by atoms with E-state index in [0.29, 0.717) is 22.8 Å². The van der Waals surface area contributed by atoms with Crippen molar-refractivity contribution >= 4 is 5.97 Å². The normalized spacial score (nSPS) is 13.3. The summed E-state index contributed by atoms with van der Waals surface area (Å²) in [4.78, 5) is 11.0. The number of aliphatic hydroxyl groups is 1. The molecule has 0 fully saturated rings. The highest BCUT2D eigenvalue weighted by atomic mass is 16.6. The average molecular weight is 284 g/mol. The summed E-state index contributed by atoms with van der Waals surface area (Å²) in [5, 5.41) is 10.3. The number of hydrogen-bond acceptors (Lipinski definition) is 6. The van der Waals surface area contributed by atoms with Crippen molar-refractivity contribution < 1.29 is 28.8 Å². The summed E-state index contributed by atoms with van der Waals surface area (Å²) in [6.45, 7) is 2.89. The highest BCUT2D eigenvalue weighted by molar-refractivity contribution is 5.66. The second kappa shape index (κ2) is 7.00. The Labute approximate surface area is 118 Å². The van der Waals surface area contributed by atoms with Gasteiger partial charge in [-0.15, -0.1) is 0 Å². The Morgan fingerprint density at radius 1 is 1.05 bits per heavy atom. The largest absolute Gasteiger partial charge is 0.496 e. The third kappa shape index (κ3) is 3.54. The number of carbonyl (C=O) groups is 1. The molecule has 0 bridgehead atoms. The van der Waals surface area contributed by atoms with Crippen molar-refractivity contribution in [3.8, 4) is 17.2 Å². The van der Waals surface area contributed by atoms with E-state index in [2.05, 4.69) is 0 Å². The zero-order valence-electron chi connectivity index (χ0n) is 12.3. The van der Waals surface area contributed by atoms with E-state index in [1.165, 1.54) is 28.3 Å². The summed E-state index contributed by atoms with van der Waals surface area (Å²) < 4.78 is 20.6. The fourth-order valence-electron chi connectivity index (χ4n) is 1.86. The van der Waals surface area contributed by atoms with Crippen molar-refractivity contribution in [3.05, 3.63) is 17.7 Å². The van der Waals surface area contributed by atoms with Gasteiger partial charge < -0.3 is 24.1 Å². The molecular weight excluding hydrogens is 264 g/mol. The van der Waals surface area contributed by atoms with E-state index in [0.717, 1.165) is 0 Å². The van der Waals surface area contributed by atoms with Gasteiger partial charge in [-0.2, -0.15) is 0 Å². The molecule has 0 radical (unpaired) electrons. The van der Waals surface area contributed by atoms with Crippen LogP contribution in [0.25, 0.3) is 0 Å². The van der Waals surface area contributed by atoms with E-state index in [1.54, 1.807) is 19.1 Å².